The summed E-state index contributed by atoms with van der Waals surface area (Å²) in [5, 5.41) is 30.2. The first-order valence-corrected chi connectivity index (χ1v) is 8.18. The summed E-state index contributed by atoms with van der Waals surface area (Å²) < 4.78 is 0. The van der Waals surface area contributed by atoms with Gasteiger partial charge < -0.3 is 15.3 Å². The third-order valence-electron chi connectivity index (χ3n) is 6.68. The quantitative estimate of drug-likeness (QED) is 0.687. The topological polar surface area (TPSA) is 60.7 Å². The van der Waals surface area contributed by atoms with Crippen LogP contribution in [0.15, 0.2) is 18.2 Å². The highest BCUT2D eigenvalue weighted by molar-refractivity contribution is 5.40. The van der Waals surface area contributed by atoms with Crippen molar-refractivity contribution in [3.63, 3.8) is 0 Å². The number of benzene rings is 1. The first-order chi connectivity index (χ1) is 10.0. The Morgan fingerprint density at radius 1 is 1.19 bits per heavy atom. The van der Waals surface area contributed by atoms with Gasteiger partial charge in [0.05, 0.1) is 12.2 Å². The average Bonchev–Trinajstić information content (AvgIpc) is 2.70. The molecule has 3 aliphatic carbocycles. The van der Waals surface area contributed by atoms with Gasteiger partial charge in [0, 0.05) is 0 Å². The number of rotatable bonds is 0. The lowest BCUT2D eigenvalue weighted by Gasteiger charge is -2.49. The Kier molecular flexibility index (Phi) is 2.89. The van der Waals surface area contributed by atoms with Gasteiger partial charge >= 0.3 is 0 Å². The number of hydrogen-bond donors (Lipinski definition) is 3. The largest absolute Gasteiger partial charge is 0.508 e. The number of aryl methyl sites for hydroxylation is 1. The van der Waals surface area contributed by atoms with E-state index in [9.17, 15) is 15.3 Å². The molecule has 1 aromatic rings. The van der Waals surface area contributed by atoms with Crippen molar-refractivity contribution >= 4 is 0 Å². The Balaban J connectivity index is 1.71. The van der Waals surface area contributed by atoms with Gasteiger partial charge in [-0.3, -0.25) is 0 Å². The molecule has 3 aliphatic rings. The molecule has 4 rings (SSSR count). The second-order valence-electron chi connectivity index (χ2n) is 7.59. The van der Waals surface area contributed by atoms with Gasteiger partial charge in [-0.15, -0.1) is 0 Å². The van der Waals surface area contributed by atoms with Gasteiger partial charge in [-0.1, -0.05) is 13.0 Å². The Morgan fingerprint density at radius 3 is 2.81 bits per heavy atom. The Bertz CT molecular complexity index is 570. The molecule has 0 aromatic heterocycles. The minimum Gasteiger partial charge on any atom is -0.508 e. The van der Waals surface area contributed by atoms with Crippen molar-refractivity contribution in [2.75, 3.05) is 0 Å². The zero-order chi connectivity index (χ0) is 14.8. The molecule has 1 aromatic carbocycles. The first kappa shape index (κ1) is 13.6. The maximum atomic E-state index is 10.4. The minimum absolute atomic E-state index is 0.116. The fourth-order valence-corrected chi connectivity index (χ4v) is 5.56. The fraction of sp³-hybridized carbons (Fsp3) is 0.667. The molecule has 3 N–H and O–H groups in total. The Morgan fingerprint density at radius 2 is 2.00 bits per heavy atom. The smallest absolute Gasteiger partial charge is 0.115 e. The van der Waals surface area contributed by atoms with Crippen LogP contribution in [-0.4, -0.2) is 27.5 Å². The average molecular weight is 288 g/mol. The van der Waals surface area contributed by atoms with Crippen LogP contribution in [0.3, 0.4) is 0 Å². The molecule has 0 aliphatic heterocycles. The van der Waals surface area contributed by atoms with E-state index in [2.05, 4.69) is 13.0 Å². The summed E-state index contributed by atoms with van der Waals surface area (Å²) in [7, 11) is 0. The standard InChI is InChI=1S/C18H24O3/c1-18-7-6-13-12-5-3-11(19)8-10(12)2-4-14(13)15(18)9-16(20)17(18)21/h3,5,8,13-17,19-21H,2,4,6-7,9H2,1H3/t13-,14+,15-,16+,17-,18-/m0/s1. The minimum atomic E-state index is -0.565. The summed E-state index contributed by atoms with van der Waals surface area (Å²) >= 11 is 0. The molecule has 6 atom stereocenters. The van der Waals surface area contributed by atoms with Crippen molar-refractivity contribution in [1.82, 2.24) is 0 Å². The van der Waals surface area contributed by atoms with Gasteiger partial charge in [0.2, 0.25) is 0 Å². The third-order valence-corrected chi connectivity index (χ3v) is 6.68. The zero-order valence-electron chi connectivity index (χ0n) is 12.5. The molecular formula is C18H24O3. The number of phenols is 1. The molecule has 3 heteroatoms. The molecule has 0 bridgehead atoms. The van der Waals surface area contributed by atoms with E-state index < -0.39 is 12.2 Å². The summed E-state index contributed by atoms with van der Waals surface area (Å²) in [5.74, 6) is 1.88. The SMILES string of the molecule is C[C@]12CC[C@H]3c4ccc(O)cc4CC[C@H]3[C@@H]1C[C@@H](O)[C@@H]2O. The highest BCUT2D eigenvalue weighted by Crippen LogP contribution is 2.60. The summed E-state index contributed by atoms with van der Waals surface area (Å²) in [6.45, 7) is 2.17. The molecule has 2 fully saturated rings. The first-order valence-electron chi connectivity index (χ1n) is 8.18. The van der Waals surface area contributed by atoms with E-state index in [0.717, 1.165) is 32.1 Å². The van der Waals surface area contributed by atoms with Crippen LogP contribution in [-0.2, 0) is 6.42 Å². The van der Waals surface area contributed by atoms with Crippen molar-refractivity contribution in [1.29, 1.82) is 0 Å². The van der Waals surface area contributed by atoms with Crippen LogP contribution in [0.4, 0.5) is 0 Å². The van der Waals surface area contributed by atoms with Crippen molar-refractivity contribution in [3.05, 3.63) is 29.3 Å². The zero-order valence-corrected chi connectivity index (χ0v) is 12.5. The predicted molar refractivity (Wildman–Crippen MR) is 80.1 cm³/mol. The molecule has 0 heterocycles. The summed E-state index contributed by atoms with van der Waals surface area (Å²) in [6, 6.07) is 5.80. The predicted octanol–water partition coefficient (Wildman–Crippen LogP) is 2.58. The number of aliphatic hydroxyl groups excluding tert-OH is 2. The van der Waals surface area contributed by atoms with Gasteiger partial charge in [0.1, 0.15) is 5.75 Å². The van der Waals surface area contributed by atoms with Crippen molar-refractivity contribution in [2.45, 2.75) is 57.2 Å². The van der Waals surface area contributed by atoms with Crippen LogP contribution in [0.2, 0.25) is 0 Å². The van der Waals surface area contributed by atoms with Gasteiger partial charge in [0.25, 0.3) is 0 Å². The van der Waals surface area contributed by atoms with Gasteiger partial charge in [-0.2, -0.15) is 0 Å². The molecule has 2 saturated carbocycles. The van der Waals surface area contributed by atoms with Gasteiger partial charge in [-0.05, 0) is 78.5 Å². The molecule has 21 heavy (non-hydrogen) atoms. The molecule has 0 spiro atoms. The van der Waals surface area contributed by atoms with E-state index in [1.54, 1.807) is 6.07 Å². The number of aromatic hydroxyl groups is 1. The maximum absolute atomic E-state index is 10.4. The normalized spacial score (nSPS) is 44.8. The van der Waals surface area contributed by atoms with Crippen LogP contribution in [0, 0.1) is 17.3 Å². The molecule has 114 valence electrons. The van der Waals surface area contributed by atoms with E-state index in [0.29, 0.717) is 23.5 Å². The van der Waals surface area contributed by atoms with E-state index in [1.165, 1.54) is 11.1 Å². The molecular weight excluding hydrogens is 264 g/mol. The number of aliphatic hydroxyl groups is 2. The van der Waals surface area contributed by atoms with Gasteiger partial charge in [0.15, 0.2) is 0 Å². The fourth-order valence-electron chi connectivity index (χ4n) is 5.56. The summed E-state index contributed by atoms with van der Waals surface area (Å²) in [6.07, 6.45) is 3.80. The lowest BCUT2D eigenvalue weighted by atomic mass is 9.55. The second-order valence-corrected chi connectivity index (χ2v) is 7.59. The number of hydrogen-bond acceptors (Lipinski definition) is 3. The number of phenolic OH excluding ortho intramolecular Hbond substituents is 1. The van der Waals surface area contributed by atoms with Crippen molar-refractivity contribution in [2.24, 2.45) is 17.3 Å². The lowest BCUT2D eigenvalue weighted by Crippen LogP contribution is -2.44. The monoisotopic (exact) mass is 288 g/mol. The van der Waals surface area contributed by atoms with Gasteiger partial charge in [-0.25, -0.2) is 0 Å². The van der Waals surface area contributed by atoms with Crippen LogP contribution in [0.25, 0.3) is 0 Å². The Labute approximate surface area is 125 Å². The van der Waals surface area contributed by atoms with E-state index >= 15 is 0 Å². The van der Waals surface area contributed by atoms with E-state index in [1.807, 2.05) is 6.07 Å². The maximum Gasteiger partial charge on any atom is 0.115 e. The van der Waals surface area contributed by atoms with Crippen LogP contribution < -0.4 is 0 Å². The molecule has 0 amide bonds. The summed E-state index contributed by atoms with van der Waals surface area (Å²) in [4.78, 5) is 0. The second kappa shape index (κ2) is 4.47. The van der Waals surface area contributed by atoms with Crippen LogP contribution in [0.5, 0.6) is 5.75 Å². The molecule has 0 unspecified atom stereocenters. The molecule has 3 nitrogen and oxygen atoms in total. The third kappa shape index (κ3) is 1.80. The molecule has 0 radical (unpaired) electrons. The van der Waals surface area contributed by atoms with E-state index in [-0.39, 0.29) is 5.41 Å². The summed E-state index contributed by atoms with van der Waals surface area (Å²) in [5.41, 5.74) is 2.57. The van der Waals surface area contributed by atoms with Crippen LogP contribution in [0.1, 0.15) is 49.7 Å². The Hall–Kier alpha value is -1.06. The lowest BCUT2D eigenvalue weighted by molar-refractivity contribution is -0.0505. The highest BCUT2D eigenvalue weighted by atomic mass is 16.3. The highest BCUT2D eigenvalue weighted by Gasteiger charge is 2.57. The number of fused-ring (bicyclic) bond motifs is 5. The van der Waals surface area contributed by atoms with Crippen LogP contribution >= 0.6 is 0 Å². The van der Waals surface area contributed by atoms with E-state index in [4.69, 9.17) is 0 Å². The van der Waals surface area contributed by atoms with Crippen molar-refractivity contribution in [3.8, 4) is 5.75 Å². The van der Waals surface area contributed by atoms with Crippen molar-refractivity contribution < 1.29 is 15.3 Å². The molecule has 0 saturated heterocycles.